The number of ether oxygens (including phenoxy) is 2. The van der Waals surface area contributed by atoms with E-state index in [-0.39, 0.29) is 11.6 Å². The van der Waals surface area contributed by atoms with Crippen LogP contribution in [0, 0.1) is 0 Å². The van der Waals surface area contributed by atoms with Crippen molar-refractivity contribution in [3.05, 3.63) is 70.0 Å². The molecule has 180 valence electrons. The average Bonchev–Trinajstić information content (AvgIpc) is 2.82. The molecule has 1 aliphatic rings. The van der Waals surface area contributed by atoms with Crippen LogP contribution in [-0.4, -0.2) is 60.3 Å². The smallest absolute Gasteiger partial charge is 0.253 e. The molecular formula is C26H32N4O3S. The summed E-state index contributed by atoms with van der Waals surface area (Å²) >= 11 is 5.80. The third kappa shape index (κ3) is 5.87. The fourth-order valence-corrected chi connectivity index (χ4v) is 4.38. The Morgan fingerprint density at radius 1 is 1.09 bits per heavy atom. The molecule has 8 heteroatoms. The lowest BCUT2D eigenvalue weighted by molar-refractivity contribution is 0.172. The van der Waals surface area contributed by atoms with Gasteiger partial charge >= 0.3 is 0 Å². The maximum absolute atomic E-state index is 13.0. The molecule has 0 saturated carbocycles. The summed E-state index contributed by atoms with van der Waals surface area (Å²) in [6, 6.07) is 15.9. The summed E-state index contributed by atoms with van der Waals surface area (Å²) in [6.07, 6.45) is 0.929. The van der Waals surface area contributed by atoms with Gasteiger partial charge in [0, 0.05) is 23.6 Å². The van der Waals surface area contributed by atoms with Gasteiger partial charge in [0.1, 0.15) is 13.2 Å². The topological polar surface area (TPSA) is 69.8 Å². The Kier molecular flexibility index (Phi) is 7.70. The van der Waals surface area contributed by atoms with Gasteiger partial charge in [0.05, 0.1) is 18.1 Å². The quantitative estimate of drug-likeness (QED) is 0.477. The second-order valence-corrected chi connectivity index (χ2v) is 9.25. The summed E-state index contributed by atoms with van der Waals surface area (Å²) in [5, 5.41) is 4.99. The molecule has 0 spiro atoms. The number of thiocarbonyl (C=S) groups is 1. The van der Waals surface area contributed by atoms with E-state index >= 15 is 0 Å². The highest BCUT2D eigenvalue weighted by atomic mass is 32.1. The van der Waals surface area contributed by atoms with Crippen molar-refractivity contribution in [3.8, 4) is 11.5 Å². The molecule has 0 aliphatic carbocycles. The highest BCUT2D eigenvalue weighted by molar-refractivity contribution is 7.80. The van der Waals surface area contributed by atoms with Crippen molar-refractivity contribution < 1.29 is 9.47 Å². The first-order valence-corrected chi connectivity index (χ1v) is 12.0. The van der Waals surface area contributed by atoms with Gasteiger partial charge in [0.2, 0.25) is 0 Å². The molecule has 0 radical (unpaired) electrons. The lowest BCUT2D eigenvalue weighted by Crippen LogP contribution is -2.42. The van der Waals surface area contributed by atoms with Crippen LogP contribution >= 0.6 is 12.2 Å². The number of aromatic nitrogens is 1. The lowest BCUT2D eigenvalue weighted by Gasteiger charge is -2.29. The first kappa shape index (κ1) is 24.0. The van der Waals surface area contributed by atoms with Gasteiger partial charge in [-0.3, -0.25) is 4.79 Å². The van der Waals surface area contributed by atoms with Crippen LogP contribution in [0.2, 0.25) is 0 Å². The van der Waals surface area contributed by atoms with E-state index in [4.69, 9.17) is 21.7 Å². The second-order valence-electron chi connectivity index (χ2n) is 8.87. The maximum atomic E-state index is 13.0. The van der Waals surface area contributed by atoms with Gasteiger partial charge in [0.25, 0.3) is 5.56 Å². The van der Waals surface area contributed by atoms with Crippen molar-refractivity contribution in [3.63, 3.8) is 0 Å². The number of rotatable bonds is 8. The predicted octanol–water partition coefficient (Wildman–Crippen LogP) is 3.69. The number of benzene rings is 2. The van der Waals surface area contributed by atoms with E-state index in [1.165, 1.54) is 0 Å². The van der Waals surface area contributed by atoms with Crippen molar-refractivity contribution in [1.29, 1.82) is 0 Å². The molecule has 2 aromatic carbocycles. The van der Waals surface area contributed by atoms with E-state index < -0.39 is 0 Å². The number of hydrogen-bond acceptors (Lipinski definition) is 5. The van der Waals surface area contributed by atoms with Crippen LogP contribution in [0.1, 0.15) is 30.5 Å². The third-order valence-electron chi connectivity index (χ3n) is 5.91. The molecule has 1 aromatic heterocycles. The van der Waals surface area contributed by atoms with Crippen LogP contribution in [0.15, 0.2) is 53.3 Å². The normalized spacial score (nSPS) is 13.6. The molecule has 0 amide bonds. The predicted molar refractivity (Wildman–Crippen MR) is 140 cm³/mol. The summed E-state index contributed by atoms with van der Waals surface area (Å²) in [4.78, 5) is 20.2. The summed E-state index contributed by atoms with van der Waals surface area (Å²) in [7, 11) is 4.11. The Bertz CT molecular complexity index is 1200. The fourth-order valence-electron chi connectivity index (χ4n) is 4.04. The Balaban J connectivity index is 1.56. The highest BCUT2D eigenvalue weighted by Gasteiger charge is 2.18. The van der Waals surface area contributed by atoms with Gasteiger partial charge in [-0.25, -0.2) is 0 Å². The molecule has 1 aliphatic heterocycles. The fraction of sp³-hybridized carbons (Fsp3) is 0.385. The van der Waals surface area contributed by atoms with Gasteiger partial charge in [-0.1, -0.05) is 30.3 Å². The zero-order valence-electron chi connectivity index (χ0n) is 20.0. The number of nitrogens with one attached hydrogen (secondary N) is 2. The molecule has 4 rings (SSSR count). The summed E-state index contributed by atoms with van der Waals surface area (Å²) < 4.78 is 11.4. The van der Waals surface area contributed by atoms with Crippen LogP contribution in [0.5, 0.6) is 11.5 Å². The van der Waals surface area contributed by atoms with Crippen molar-refractivity contribution >= 4 is 28.2 Å². The Hall–Kier alpha value is -3.10. The lowest BCUT2D eigenvalue weighted by atomic mass is 10.1. The zero-order valence-corrected chi connectivity index (χ0v) is 20.8. The van der Waals surface area contributed by atoms with Crippen molar-refractivity contribution in [2.75, 3.05) is 40.4 Å². The molecule has 34 heavy (non-hydrogen) atoms. The van der Waals surface area contributed by atoms with E-state index in [2.05, 4.69) is 53.3 Å². The van der Waals surface area contributed by atoms with Gasteiger partial charge in [-0.15, -0.1) is 0 Å². The Morgan fingerprint density at radius 3 is 2.50 bits per heavy atom. The van der Waals surface area contributed by atoms with Crippen molar-refractivity contribution in [1.82, 2.24) is 20.1 Å². The minimum atomic E-state index is -0.124. The van der Waals surface area contributed by atoms with E-state index in [0.717, 1.165) is 36.0 Å². The summed E-state index contributed by atoms with van der Waals surface area (Å²) in [5.74, 6) is 1.36. The van der Waals surface area contributed by atoms with E-state index in [1.54, 1.807) is 0 Å². The Morgan fingerprint density at radius 2 is 1.79 bits per heavy atom. The minimum absolute atomic E-state index is 0.0589. The maximum Gasteiger partial charge on any atom is 0.253 e. The van der Waals surface area contributed by atoms with E-state index in [1.807, 2.05) is 36.4 Å². The third-order valence-corrected chi connectivity index (χ3v) is 6.28. The number of pyridine rings is 1. The SMILES string of the molecule is C[C@H](NC(=S)N(CCCN(C)C)Cc1cc2cc3c(cc2[nH]c1=O)OCCO3)c1ccccc1. The summed E-state index contributed by atoms with van der Waals surface area (Å²) in [5.41, 5.74) is 2.43. The molecule has 0 saturated heterocycles. The molecule has 2 N–H and O–H groups in total. The van der Waals surface area contributed by atoms with E-state index in [9.17, 15) is 4.79 Å². The van der Waals surface area contributed by atoms with Crippen LogP contribution in [0.4, 0.5) is 0 Å². The van der Waals surface area contributed by atoms with Gasteiger partial charge in [-0.05, 0) is 63.9 Å². The van der Waals surface area contributed by atoms with Gasteiger partial charge < -0.3 is 29.6 Å². The van der Waals surface area contributed by atoms with Crippen molar-refractivity contribution in [2.24, 2.45) is 0 Å². The largest absolute Gasteiger partial charge is 0.486 e. The van der Waals surface area contributed by atoms with Gasteiger partial charge in [0.15, 0.2) is 16.6 Å². The molecule has 3 aromatic rings. The van der Waals surface area contributed by atoms with Crippen LogP contribution in [0.25, 0.3) is 10.9 Å². The molecule has 0 bridgehead atoms. The van der Waals surface area contributed by atoms with Crippen LogP contribution < -0.4 is 20.3 Å². The molecule has 1 atom stereocenters. The number of H-pyrrole nitrogens is 1. The minimum Gasteiger partial charge on any atom is -0.486 e. The average molecular weight is 481 g/mol. The first-order chi connectivity index (χ1) is 16.4. The second kappa shape index (κ2) is 10.9. The Labute approximate surface area is 205 Å². The number of aromatic amines is 1. The van der Waals surface area contributed by atoms with Crippen molar-refractivity contribution in [2.45, 2.75) is 25.9 Å². The van der Waals surface area contributed by atoms with Crippen LogP contribution in [-0.2, 0) is 6.54 Å². The monoisotopic (exact) mass is 480 g/mol. The number of fused-ring (bicyclic) bond motifs is 2. The zero-order chi connectivity index (χ0) is 24.1. The van der Waals surface area contributed by atoms with Crippen LogP contribution in [0.3, 0.4) is 0 Å². The summed E-state index contributed by atoms with van der Waals surface area (Å²) in [6.45, 7) is 5.21. The molecule has 2 heterocycles. The molecule has 0 fully saturated rings. The molecule has 7 nitrogen and oxygen atoms in total. The number of hydrogen-bond donors (Lipinski definition) is 2. The highest BCUT2D eigenvalue weighted by Crippen LogP contribution is 2.33. The molecular weight excluding hydrogens is 448 g/mol. The standard InChI is InChI=1S/C26H32N4O3S/c1-18(19-8-5-4-6-9-19)27-26(34)30(11-7-10-29(2)3)17-21-14-20-15-23-24(33-13-12-32-23)16-22(20)28-25(21)31/h4-6,8-9,14-16,18H,7,10-13,17H2,1-3H3,(H,27,34)(H,28,31)/t18-/m0/s1. The molecule has 0 unspecified atom stereocenters. The number of nitrogens with zero attached hydrogens (tertiary/aromatic N) is 2. The van der Waals surface area contributed by atoms with E-state index in [0.29, 0.717) is 41.9 Å². The first-order valence-electron chi connectivity index (χ1n) is 11.6. The van der Waals surface area contributed by atoms with Gasteiger partial charge in [-0.2, -0.15) is 0 Å².